The van der Waals surface area contributed by atoms with Gasteiger partial charge in [-0.25, -0.2) is 4.98 Å². The molecule has 0 aliphatic carbocycles. The highest BCUT2D eigenvalue weighted by Gasteiger charge is 2.07. The van der Waals surface area contributed by atoms with Crippen LogP contribution in [-0.4, -0.2) is 15.0 Å². The van der Waals surface area contributed by atoms with E-state index in [-0.39, 0.29) is 5.56 Å². The average Bonchev–Trinajstić information content (AvgIpc) is 2.55. The number of rotatable bonds is 3. The minimum Gasteiger partial charge on any atom is -0.398 e. The number of pyridine rings is 1. The van der Waals surface area contributed by atoms with Crippen molar-refractivity contribution < 1.29 is 0 Å². The first kappa shape index (κ1) is 14.0. The second kappa shape index (κ2) is 5.81. The van der Waals surface area contributed by atoms with Crippen molar-refractivity contribution in [3.05, 3.63) is 64.7 Å². The number of hydrogen-bond donors (Lipinski definition) is 2. The van der Waals surface area contributed by atoms with Crippen LogP contribution in [0.2, 0.25) is 0 Å². The predicted molar refractivity (Wildman–Crippen MR) is 87.3 cm³/mol. The Morgan fingerprint density at radius 2 is 1.86 bits per heavy atom. The zero-order valence-electron chi connectivity index (χ0n) is 12.2. The zero-order chi connectivity index (χ0) is 15.5. The third-order valence-corrected chi connectivity index (χ3v) is 3.52. The highest BCUT2D eigenvalue weighted by atomic mass is 16.1. The average molecular weight is 292 g/mol. The molecule has 0 saturated carbocycles. The fourth-order valence-corrected chi connectivity index (χ4v) is 2.33. The molecule has 5 nitrogen and oxygen atoms in total. The fourth-order valence-electron chi connectivity index (χ4n) is 2.33. The van der Waals surface area contributed by atoms with Gasteiger partial charge in [0, 0.05) is 35.3 Å². The maximum absolute atomic E-state index is 11.9. The number of nitrogens with two attached hydrogens (primary N) is 1. The molecule has 0 fully saturated rings. The molecule has 0 amide bonds. The van der Waals surface area contributed by atoms with Crippen molar-refractivity contribution in [3.8, 4) is 22.6 Å². The second-order valence-corrected chi connectivity index (χ2v) is 4.98. The van der Waals surface area contributed by atoms with E-state index in [4.69, 9.17) is 5.73 Å². The summed E-state index contributed by atoms with van der Waals surface area (Å²) in [6.07, 6.45) is 4.20. The molecule has 2 aromatic heterocycles. The predicted octanol–water partition coefficient (Wildman–Crippen LogP) is 2.64. The number of aryl methyl sites for hydroxylation is 1. The molecule has 0 radical (unpaired) electrons. The van der Waals surface area contributed by atoms with E-state index in [2.05, 4.69) is 21.9 Å². The lowest BCUT2D eigenvalue weighted by Crippen LogP contribution is -2.08. The lowest BCUT2D eigenvalue weighted by Gasteiger charge is -2.08. The van der Waals surface area contributed by atoms with E-state index in [9.17, 15) is 4.79 Å². The number of nitrogens with one attached hydrogen (secondary N) is 1. The monoisotopic (exact) mass is 292 g/mol. The number of nitrogen functional groups attached to an aromatic ring is 1. The topological polar surface area (TPSA) is 84.7 Å². The van der Waals surface area contributed by atoms with Crippen LogP contribution in [0.25, 0.3) is 22.6 Å². The van der Waals surface area contributed by atoms with E-state index in [1.165, 1.54) is 6.07 Å². The Bertz CT molecular complexity index is 856. The molecular formula is C17H16N4O. The first-order valence-corrected chi connectivity index (χ1v) is 7.08. The minimum absolute atomic E-state index is 0.199. The first-order valence-electron chi connectivity index (χ1n) is 7.08. The van der Waals surface area contributed by atoms with Gasteiger partial charge in [-0.3, -0.25) is 9.78 Å². The Hall–Kier alpha value is -2.95. The highest BCUT2D eigenvalue weighted by molar-refractivity contribution is 5.68. The van der Waals surface area contributed by atoms with Crippen molar-refractivity contribution in [2.45, 2.75) is 13.3 Å². The molecule has 0 aliphatic heterocycles. The van der Waals surface area contributed by atoms with Crippen LogP contribution in [0.1, 0.15) is 12.5 Å². The van der Waals surface area contributed by atoms with E-state index in [1.807, 2.05) is 18.2 Å². The number of aromatic nitrogens is 3. The van der Waals surface area contributed by atoms with Crippen molar-refractivity contribution in [1.82, 2.24) is 15.0 Å². The number of aromatic amines is 1. The van der Waals surface area contributed by atoms with Gasteiger partial charge >= 0.3 is 0 Å². The van der Waals surface area contributed by atoms with Gasteiger partial charge < -0.3 is 10.7 Å². The molecule has 0 bridgehead atoms. The number of benzene rings is 1. The summed E-state index contributed by atoms with van der Waals surface area (Å²) in [6.45, 7) is 2.05. The third-order valence-electron chi connectivity index (χ3n) is 3.52. The van der Waals surface area contributed by atoms with Gasteiger partial charge in [0.15, 0.2) is 0 Å². The molecule has 110 valence electrons. The van der Waals surface area contributed by atoms with Crippen LogP contribution in [0, 0.1) is 0 Å². The van der Waals surface area contributed by atoms with E-state index in [0.717, 1.165) is 23.1 Å². The SMILES string of the molecule is CCc1ccc(-c2cc(=O)[nH]c(-c3ccncc3)n2)cc1N. The summed E-state index contributed by atoms with van der Waals surface area (Å²) in [6, 6.07) is 10.8. The molecule has 0 saturated heterocycles. The molecule has 0 spiro atoms. The maximum atomic E-state index is 11.9. The fraction of sp³-hybridized carbons (Fsp3) is 0.118. The number of hydrogen-bond acceptors (Lipinski definition) is 4. The number of anilines is 1. The first-order chi connectivity index (χ1) is 10.7. The smallest absolute Gasteiger partial charge is 0.251 e. The van der Waals surface area contributed by atoms with Gasteiger partial charge in [-0.05, 0) is 30.2 Å². The summed E-state index contributed by atoms with van der Waals surface area (Å²) in [7, 11) is 0. The summed E-state index contributed by atoms with van der Waals surface area (Å²) in [5.41, 5.74) is 9.88. The van der Waals surface area contributed by atoms with Crippen LogP contribution >= 0.6 is 0 Å². The Labute approximate surface area is 127 Å². The minimum atomic E-state index is -0.199. The van der Waals surface area contributed by atoms with E-state index in [1.54, 1.807) is 24.5 Å². The van der Waals surface area contributed by atoms with Gasteiger partial charge in [-0.1, -0.05) is 19.1 Å². The molecule has 0 unspecified atom stereocenters. The van der Waals surface area contributed by atoms with Gasteiger partial charge in [0.2, 0.25) is 0 Å². The van der Waals surface area contributed by atoms with E-state index in [0.29, 0.717) is 17.2 Å². The second-order valence-electron chi connectivity index (χ2n) is 4.98. The molecule has 3 aromatic rings. The van der Waals surface area contributed by atoms with E-state index >= 15 is 0 Å². The van der Waals surface area contributed by atoms with Crippen LogP contribution in [0.4, 0.5) is 5.69 Å². The summed E-state index contributed by atoms with van der Waals surface area (Å²) in [5.74, 6) is 0.517. The Kier molecular flexibility index (Phi) is 3.70. The lowest BCUT2D eigenvalue weighted by molar-refractivity contribution is 1.12. The third kappa shape index (κ3) is 2.74. The lowest BCUT2D eigenvalue weighted by atomic mass is 10.0. The summed E-state index contributed by atoms with van der Waals surface area (Å²) < 4.78 is 0. The van der Waals surface area contributed by atoms with Gasteiger partial charge in [-0.2, -0.15) is 0 Å². The molecule has 5 heteroatoms. The Balaban J connectivity index is 2.10. The molecular weight excluding hydrogens is 276 g/mol. The molecule has 3 N–H and O–H groups in total. The summed E-state index contributed by atoms with van der Waals surface area (Å²) >= 11 is 0. The highest BCUT2D eigenvalue weighted by Crippen LogP contribution is 2.23. The van der Waals surface area contributed by atoms with Crippen molar-refractivity contribution in [2.75, 3.05) is 5.73 Å². The van der Waals surface area contributed by atoms with Crippen LogP contribution in [0.3, 0.4) is 0 Å². The van der Waals surface area contributed by atoms with Crippen LogP contribution in [-0.2, 0) is 6.42 Å². The summed E-state index contributed by atoms with van der Waals surface area (Å²) in [5, 5.41) is 0. The van der Waals surface area contributed by atoms with Gasteiger partial charge in [0.25, 0.3) is 5.56 Å². The van der Waals surface area contributed by atoms with Crippen LogP contribution < -0.4 is 11.3 Å². The molecule has 2 heterocycles. The molecule has 22 heavy (non-hydrogen) atoms. The normalized spacial score (nSPS) is 10.6. The quantitative estimate of drug-likeness (QED) is 0.727. The Morgan fingerprint density at radius 1 is 1.09 bits per heavy atom. The summed E-state index contributed by atoms with van der Waals surface area (Å²) in [4.78, 5) is 23.2. The van der Waals surface area contributed by atoms with E-state index < -0.39 is 0 Å². The largest absolute Gasteiger partial charge is 0.398 e. The molecule has 0 atom stereocenters. The molecule has 0 aliphatic rings. The number of H-pyrrole nitrogens is 1. The van der Waals surface area contributed by atoms with Gasteiger partial charge in [0.05, 0.1) is 5.69 Å². The zero-order valence-corrected chi connectivity index (χ0v) is 12.2. The van der Waals surface area contributed by atoms with Crippen molar-refractivity contribution in [3.63, 3.8) is 0 Å². The number of nitrogens with zero attached hydrogens (tertiary/aromatic N) is 2. The molecule has 3 rings (SSSR count). The maximum Gasteiger partial charge on any atom is 0.251 e. The standard InChI is InChI=1S/C17H16N4O/c1-2-11-3-4-13(9-14(11)18)15-10-16(22)21-17(20-15)12-5-7-19-8-6-12/h3-10H,2,18H2,1H3,(H,20,21,22). The molecule has 1 aromatic carbocycles. The van der Waals surface area contributed by atoms with Gasteiger partial charge in [0.1, 0.15) is 5.82 Å². The van der Waals surface area contributed by atoms with Crippen LogP contribution in [0.5, 0.6) is 0 Å². The van der Waals surface area contributed by atoms with Crippen molar-refractivity contribution in [2.24, 2.45) is 0 Å². The van der Waals surface area contributed by atoms with Crippen molar-refractivity contribution in [1.29, 1.82) is 0 Å². The van der Waals surface area contributed by atoms with Crippen LogP contribution in [0.15, 0.2) is 53.6 Å². The Morgan fingerprint density at radius 3 is 2.55 bits per heavy atom. The van der Waals surface area contributed by atoms with Gasteiger partial charge in [-0.15, -0.1) is 0 Å². The van der Waals surface area contributed by atoms with Crippen molar-refractivity contribution >= 4 is 5.69 Å².